The lowest BCUT2D eigenvalue weighted by molar-refractivity contribution is 0.0420. The Bertz CT molecular complexity index is 1500. The van der Waals surface area contributed by atoms with Crippen molar-refractivity contribution in [2.24, 2.45) is 0 Å². The van der Waals surface area contributed by atoms with E-state index in [-0.39, 0.29) is 16.6 Å². The van der Waals surface area contributed by atoms with E-state index in [1.54, 1.807) is 26.8 Å². The largest absolute Gasteiger partial charge is 0.464 e. The topological polar surface area (TPSA) is 135 Å². The molecule has 2 aromatic heterocycles. The van der Waals surface area contributed by atoms with Gasteiger partial charge in [-0.3, -0.25) is 0 Å². The van der Waals surface area contributed by atoms with Crippen molar-refractivity contribution in [2.75, 3.05) is 18.5 Å². The van der Waals surface area contributed by atoms with E-state index < -0.39 is 27.8 Å². The summed E-state index contributed by atoms with van der Waals surface area (Å²) in [4.78, 5) is 35.1. The molecule has 37 heavy (non-hydrogen) atoms. The van der Waals surface area contributed by atoms with Gasteiger partial charge in [0.25, 0.3) is 10.0 Å². The van der Waals surface area contributed by atoms with Gasteiger partial charge in [-0.15, -0.1) is 0 Å². The maximum atomic E-state index is 13.5. The highest BCUT2D eigenvalue weighted by Gasteiger charge is 2.32. The molecule has 13 heteroatoms. The molecule has 0 spiro atoms. The molecule has 1 N–H and O–H groups in total. The Balaban J connectivity index is 1.85. The van der Waals surface area contributed by atoms with Crippen molar-refractivity contribution in [3.05, 3.63) is 34.2 Å². The SMILES string of the molecule is C[C@@H]1CCCN1c1cc(-c2cnc3c(n2)c(I)cn3C(=O)O)cc(S(=O)(=O)N(C)C(=O)OC(C)(C)C)c1. The van der Waals surface area contributed by atoms with E-state index in [1.165, 1.54) is 18.5 Å². The molecule has 4 rings (SSSR count). The number of amides is 1. The number of carbonyl (C=O) groups excluding carboxylic acids is 1. The van der Waals surface area contributed by atoms with Crippen molar-refractivity contribution in [2.45, 2.75) is 57.1 Å². The Kier molecular flexibility index (Phi) is 7.14. The number of anilines is 1. The summed E-state index contributed by atoms with van der Waals surface area (Å²) >= 11 is 1.99. The number of aromatic nitrogens is 3. The standard InChI is InChI=1S/C24H28IN5O6S/c1-14-7-6-8-29(14)16-9-15(19-12-26-21-20(27-19)18(25)13-30(21)22(31)32)10-17(11-16)37(34,35)28(5)23(33)36-24(2,3)4/h9-14H,6-8H2,1-5H3,(H,31,32)/t14-/m1/s1. The zero-order valence-electron chi connectivity index (χ0n) is 21.1. The molecule has 198 valence electrons. The van der Waals surface area contributed by atoms with Gasteiger partial charge in [-0.25, -0.2) is 36.8 Å². The number of sulfonamides is 1. The van der Waals surface area contributed by atoms with Crippen LogP contribution in [0.3, 0.4) is 0 Å². The Morgan fingerprint density at radius 3 is 2.54 bits per heavy atom. The summed E-state index contributed by atoms with van der Waals surface area (Å²) in [5.74, 6) is 0. The van der Waals surface area contributed by atoms with Gasteiger partial charge >= 0.3 is 12.2 Å². The lowest BCUT2D eigenvalue weighted by Gasteiger charge is -2.27. The number of benzene rings is 1. The first kappa shape index (κ1) is 27.1. The van der Waals surface area contributed by atoms with Gasteiger partial charge in [0.2, 0.25) is 0 Å². The summed E-state index contributed by atoms with van der Waals surface area (Å²) in [7, 11) is -3.10. The molecule has 1 aromatic carbocycles. The zero-order chi connectivity index (χ0) is 27.3. The molecule has 0 bridgehead atoms. The van der Waals surface area contributed by atoms with Crippen molar-refractivity contribution >= 4 is 61.7 Å². The maximum Gasteiger partial charge on any atom is 0.424 e. The molecule has 0 saturated carbocycles. The molecule has 3 heterocycles. The van der Waals surface area contributed by atoms with Gasteiger partial charge in [0, 0.05) is 37.1 Å². The molecule has 0 radical (unpaired) electrons. The second-order valence-corrected chi connectivity index (χ2v) is 13.0. The molecule has 1 fully saturated rings. The van der Waals surface area contributed by atoms with Crippen LogP contribution in [0.15, 0.2) is 35.5 Å². The van der Waals surface area contributed by atoms with Crippen molar-refractivity contribution in [3.63, 3.8) is 0 Å². The van der Waals surface area contributed by atoms with Crippen molar-refractivity contribution in [1.82, 2.24) is 18.8 Å². The van der Waals surface area contributed by atoms with E-state index in [9.17, 15) is 23.1 Å². The highest BCUT2D eigenvalue weighted by atomic mass is 127. The molecule has 11 nitrogen and oxygen atoms in total. The fourth-order valence-electron chi connectivity index (χ4n) is 4.19. The summed E-state index contributed by atoms with van der Waals surface area (Å²) < 4.78 is 34.5. The van der Waals surface area contributed by atoms with Gasteiger partial charge in [0.15, 0.2) is 5.65 Å². The van der Waals surface area contributed by atoms with Gasteiger partial charge in [0.05, 0.1) is 20.4 Å². The molecule has 1 aliphatic heterocycles. The third kappa shape index (κ3) is 5.37. The first-order valence-electron chi connectivity index (χ1n) is 11.6. The van der Waals surface area contributed by atoms with Gasteiger partial charge in [-0.05, 0) is 81.3 Å². The van der Waals surface area contributed by atoms with Crippen LogP contribution in [0, 0.1) is 3.57 Å². The molecule has 1 saturated heterocycles. The van der Waals surface area contributed by atoms with Crippen LogP contribution in [0.5, 0.6) is 0 Å². The van der Waals surface area contributed by atoms with Crippen LogP contribution in [-0.2, 0) is 14.8 Å². The van der Waals surface area contributed by atoms with Crippen LogP contribution in [-0.4, -0.2) is 69.8 Å². The lowest BCUT2D eigenvalue weighted by atomic mass is 10.1. The minimum absolute atomic E-state index is 0.0906. The minimum atomic E-state index is -4.27. The normalized spacial score (nSPS) is 16.3. The molecule has 1 amide bonds. The van der Waals surface area contributed by atoms with Crippen LogP contribution in [0.1, 0.15) is 40.5 Å². The van der Waals surface area contributed by atoms with Crippen molar-refractivity contribution in [1.29, 1.82) is 0 Å². The summed E-state index contributed by atoms with van der Waals surface area (Å²) in [6, 6.07) is 5.04. The Hall–Kier alpha value is -2.94. The zero-order valence-corrected chi connectivity index (χ0v) is 24.1. The van der Waals surface area contributed by atoms with Crippen molar-refractivity contribution in [3.8, 4) is 11.3 Å². The fourth-order valence-corrected chi connectivity index (χ4v) is 5.92. The number of nitrogens with zero attached hydrogens (tertiary/aromatic N) is 5. The highest BCUT2D eigenvalue weighted by Crippen LogP contribution is 2.34. The van der Waals surface area contributed by atoms with Gasteiger partial charge in [-0.1, -0.05) is 0 Å². The smallest absolute Gasteiger partial charge is 0.424 e. The van der Waals surface area contributed by atoms with Crippen molar-refractivity contribution < 1.29 is 27.9 Å². The number of hydrogen-bond donors (Lipinski definition) is 1. The third-order valence-electron chi connectivity index (χ3n) is 6.04. The molecule has 1 atom stereocenters. The fraction of sp³-hybridized carbons (Fsp3) is 0.417. The van der Waals surface area contributed by atoms with Gasteiger partial charge < -0.3 is 14.7 Å². The average Bonchev–Trinajstić information content (AvgIpc) is 3.39. The predicted molar refractivity (Wildman–Crippen MR) is 146 cm³/mol. The maximum absolute atomic E-state index is 13.5. The number of rotatable bonds is 4. The highest BCUT2D eigenvalue weighted by molar-refractivity contribution is 14.1. The second-order valence-electron chi connectivity index (χ2n) is 9.91. The summed E-state index contributed by atoms with van der Waals surface area (Å²) in [5, 5.41) is 9.44. The Labute approximate surface area is 228 Å². The lowest BCUT2D eigenvalue weighted by Crippen LogP contribution is -2.38. The number of fused-ring (bicyclic) bond motifs is 1. The summed E-state index contributed by atoms with van der Waals surface area (Å²) in [5.41, 5.74) is 1.23. The van der Waals surface area contributed by atoms with Gasteiger partial charge in [-0.2, -0.15) is 0 Å². The van der Waals surface area contributed by atoms with E-state index in [0.29, 0.717) is 30.3 Å². The first-order valence-corrected chi connectivity index (χ1v) is 14.1. The summed E-state index contributed by atoms with van der Waals surface area (Å²) in [6.07, 6.45) is 2.61. The Morgan fingerprint density at radius 2 is 1.95 bits per heavy atom. The summed E-state index contributed by atoms with van der Waals surface area (Å²) in [6.45, 7) is 7.81. The number of carboxylic acid groups (broad SMARTS) is 1. The monoisotopic (exact) mass is 641 g/mol. The number of carbonyl (C=O) groups is 2. The quantitative estimate of drug-likeness (QED) is 0.400. The van der Waals surface area contributed by atoms with E-state index in [0.717, 1.165) is 31.0 Å². The molecule has 1 aliphatic rings. The Morgan fingerprint density at radius 1 is 1.24 bits per heavy atom. The first-order chi connectivity index (χ1) is 17.2. The average molecular weight is 641 g/mol. The van der Waals surface area contributed by atoms with Gasteiger partial charge in [0.1, 0.15) is 11.1 Å². The van der Waals surface area contributed by atoms with Crippen LogP contribution in [0.2, 0.25) is 0 Å². The second kappa shape index (κ2) is 9.74. The number of hydrogen-bond acceptors (Lipinski definition) is 8. The minimum Gasteiger partial charge on any atom is -0.464 e. The molecule has 0 unspecified atom stereocenters. The molecular formula is C24H28IN5O6S. The van der Waals surface area contributed by atoms with Crippen LogP contribution >= 0.6 is 22.6 Å². The van der Waals surface area contributed by atoms with Crippen LogP contribution < -0.4 is 4.90 Å². The van der Waals surface area contributed by atoms with Crippen LogP contribution in [0.4, 0.5) is 15.3 Å². The predicted octanol–water partition coefficient (Wildman–Crippen LogP) is 4.77. The van der Waals surface area contributed by atoms with E-state index >= 15 is 0 Å². The number of ether oxygens (including phenoxy) is 1. The van der Waals surface area contributed by atoms with E-state index in [2.05, 4.69) is 21.8 Å². The molecule has 0 aliphatic carbocycles. The molecular weight excluding hydrogens is 613 g/mol. The molecule has 3 aromatic rings. The third-order valence-corrected chi connectivity index (χ3v) is 8.53. The van der Waals surface area contributed by atoms with E-state index in [4.69, 9.17) is 4.74 Å². The van der Waals surface area contributed by atoms with Crippen LogP contribution in [0.25, 0.3) is 22.4 Å². The number of halogens is 1. The van der Waals surface area contributed by atoms with E-state index in [1.807, 2.05) is 28.7 Å².